The number of aromatic nitrogens is 2. The normalized spacial score (nSPS) is 14.8. The van der Waals surface area contributed by atoms with Gasteiger partial charge in [-0.1, -0.05) is 23.4 Å². The SMILES string of the molecule is Cc1ccccc1-c1nc(-c2ccc(OC3CCCC3)c(N)c2)no1. The molecule has 1 saturated carbocycles. The Bertz CT molecular complexity index is 882. The number of anilines is 1. The highest BCUT2D eigenvalue weighted by atomic mass is 16.5. The Balaban J connectivity index is 1.58. The third-order valence-corrected chi connectivity index (χ3v) is 4.67. The van der Waals surface area contributed by atoms with Gasteiger partial charge in [-0.05, 0) is 62.4 Å². The van der Waals surface area contributed by atoms with E-state index in [0.717, 1.165) is 35.3 Å². The Morgan fingerprint density at radius 2 is 1.92 bits per heavy atom. The maximum Gasteiger partial charge on any atom is 0.258 e. The molecule has 0 aliphatic heterocycles. The molecule has 0 atom stereocenters. The number of benzene rings is 2. The number of nitrogens with two attached hydrogens (primary N) is 1. The summed E-state index contributed by atoms with van der Waals surface area (Å²) in [5, 5.41) is 4.10. The van der Waals surface area contributed by atoms with Crippen molar-refractivity contribution in [3.05, 3.63) is 48.0 Å². The number of nitrogens with zero attached hydrogens (tertiary/aromatic N) is 2. The fourth-order valence-electron chi connectivity index (χ4n) is 3.24. The van der Waals surface area contributed by atoms with E-state index < -0.39 is 0 Å². The summed E-state index contributed by atoms with van der Waals surface area (Å²) in [5.41, 5.74) is 9.63. The van der Waals surface area contributed by atoms with E-state index in [2.05, 4.69) is 10.1 Å². The van der Waals surface area contributed by atoms with Gasteiger partial charge in [0.25, 0.3) is 5.89 Å². The second-order valence-electron chi connectivity index (χ2n) is 6.51. The number of rotatable bonds is 4. The smallest absolute Gasteiger partial charge is 0.258 e. The molecule has 0 bridgehead atoms. The number of nitrogen functional groups attached to an aromatic ring is 1. The minimum absolute atomic E-state index is 0.283. The van der Waals surface area contributed by atoms with Crippen LogP contribution in [0.3, 0.4) is 0 Å². The number of ether oxygens (including phenoxy) is 1. The first-order chi connectivity index (χ1) is 12.2. The zero-order chi connectivity index (χ0) is 17.2. The van der Waals surface area contributed by atoms with Crippen molar-refractivity contribution in [2.45, 2.75) is 38.7 Å². The average molecular weight is 335 g/mol. The standard InChI is InChI=1S/C20H21N3O2/c1-13-6-2-5-9-16(13)20-22-19(23-25-20)14-10-11-18(17(21)12-14)24-15-7-3-4-8-15/h2,5-6,9-12,15H,3-4,7-8,21H2,1H3. The molecule has 3 aromatic rings. The summed E-state index contributed by atoms with van der Waals surface area (Å²) >= 11 is 0. The molecule has 5 nitrogen and oxygen atoms in total. The maximum atomic E-state index is 6.17. The summed E-state index contributed by atoms with van der Waals surface area (Å²) < 4.78 is 11.4. The molecule has 5 heteroatoms. The fraction of sp³-hybridized carbons (Fsp3) is 0.300. The van der Waals surface area contributed by atoms with E-state index in [4.69, 9.17) is 15.0 Å². The molecule has 1 aliphatic carbocycles. The molecular weight excluding hydrogens is 314 g/mol. The topological polar surface area (TPSA) is 74.2 Å². The van der Waals surface area contributed by atoms with Crippen LogP contribution in [0, 0.1) is 6.92 Å². The van der Waals surface area contributed by atoms with E-state index in [9.17, 15) is 0 Å². The minimum atomic E-state index is 0.283. The van der Waals surface area contributed by atoms with Gasteiger partial charge in [-0.25, -0.2) is 0 Å². The van der Waals surface area contributed by atoms with Crippen LogP contribution in [-0.2, 0) is 0 Å². The summed E-state index contributed by atoms with van der Waals surface area (Å²) in [5.74, 6) is 1.77. The van der Waals surface area contributed by atoms with Gasteiger partial charge in [-0.3, -0.25) is 0 Å². The number of hydrogen-bond acceptors (Lipinski definition) is 5. The molecule has 128 valence electrons. The van der Waals surface area contributed by atoms with E-state index in [1.54, 1.807) is 0 Å². The highest BCUT2D eigenvalue weighted by Gasteiger charge is 2.18. The lowest BCUT2D eigenvalue weighted by molar-refractivity contribution is 0.211. The lowest BCUT2D eigenvalue weighted by Crippen LogP contribution is -2.12. The van der Waals surface area contributed by atoms with E-state index in [0.29, 0.717) is 17.4 Å². The van der Waals surface area contributed by atoms with Crippen molar-refractivity contribution >= 4 is 5.69 Å². The first-order valence-electron chi connectivity index (χ1n) is 8.67. The van der Waals surface area contributed by atoms with Crippen LogP contribution in [0.5, 0.6) is 5.75 Å². The average Bonchev–Trinajstić information content (AvgIpc) is 3.29. The molecule has 25 heavy (non-hydrogen) atoms. The third-order valence-electron chi connectivity index (χ3n) is 4.67. The molecule has 2 N–H and O–H groups in total. The molecule has 0 unspecified atom stereocenters. The van der Waals surface area contributed by atoms with Gasteiger partial charge in [0.05, 0.1) is 11.8 Å². The van der Waals surface area contributed by atoms with Gasteiger partial charge in [0.15, 0.2) is 0 Å². The molecule has 1 aliphatic rings. The zero-order valence-corrected chi connectivity index (χ0v) is 14.2. The Kier molecular flexibility index (Phi) is 4.14. The van der Waals surface area contributed by atoms with Crippen LogP contribution in [-0.4, -0.2) is 16.2 Å². The molecule has 1 fully saturated rings. The molecule has 0 radical (unpaired) electrons. The summed E-state index contributed by atoms with van der Waals surface area (Å²) in [6, 6.07) is 13.6. The van der Waals surface area contributed by atoms with Crippen molar-refractivity contribution in [3.63, 3.8) is 0 Å². The molecule has 1 heterocycles. The fourth-order valence-corrected chi connectivity index (χ4v) is 3.24. The van der Waals surface area contributed by atoms with Crippen LogP contribution in [0.1, 0.15) is 31.2 Å². The van der Waals surface area contributed by atoms with Gasteiger partial charge < -0.3 is 15.0 Å². The lowest BCUT2D eigenvalue weighted by atomic mass is 10.1. The van der Waals surface area contributed by atoms with E-state index in [1.807, 2.05) is 49.4 Å². The van der Waals surface area contributed by atoms with Crippen LogP contribution in [0.15, 0.2) is 47.0 Å². The summed E-state index contributed by atoms with van der Waals surface area (Å²) in [6.07, 6.45) is 4.95. The van der Waals surface area contributed by atoms with E-state index in [1.165, 1.54) is 12.8 Å². The van der Waals surface area contributed by atoms with Gasteiger partial charge >= 0.3 is 0 Å². The maximum absolute atomic E-state index is 6.17. The first-order valence-corrected chi connectivity index (χ1v) is 8.67. The Hall–Kier alpha value is -2.82. The van der Waals surface area contributed by atoms with Crippen LogP contribution in [0.4, 0.5) is 5.69 Å². The van der Waals surface area contributed by atoms with E-state index >= 15 is 0 Å². The number of aryl methyl sites for hydroxylation is 1. The van der Waals surface area contributed by atoms with Crippen LogP contribution in [0.2, 0.25) is 0 Å². The first kappa shape index (κ1) is 15.7. The summed E-state index contributed by atoms with van der Waals surface area (Å²) in [6.45, 7) is 2.02. The highest BCUT2D eigenvalue weighted by molar-refractivity contribution is 5.68. The minimum Gasteiger partial charge on any atom is -0.488 e. The summed E-state index contributed by atoms with van der Waals surface area (Å²) in [7, 11) is 0. The Morgan fingerprint density at radius 1 is 1.12 bits per heavy atom. The van der Waals surface area contributed by atoms with Gasteiger partial charge in [0.2, 0.25) is 5.82 Å². The predicted molar refractivity (Wildman–Crippen MR) is 97.2 cm³/mol. The molecule has 1 aromatic heterocycles. The van der Waals surface area contributed by atoms with Crippen molar-refractivity contribution in [1.82, 2.24) is 10.1 Å². The van der Waals surface area contributed by atoms with Crippen LogP contribution in [0.25, 0.3) is 22.8 Å². The van der Waals surface area contributed by atoms with Crippen molar-refractivity contribution in [3.8, 4) is 28.6 Å². The largest absolute Gasteiger partial charge is 0.488 e. The molecule has 2 aromatic carbocycles. The van der Waals surface area contributed by atoms with Gasteiger partial charge in [-0.15, -0.1) is 0 Å². The Labute approximate surface area is 146 Å². The second-order valence-corrected chi connectivity index (χ2v) is 6.51. The predicted octanol–water partition coefficient (Wildman–Crippen LogP) is 4.62. The Morgan fingerprint density at radius 3 is 2.68 bits per heavy atom. The summed E-state index contributed by atoms with van der Waals surface area (Å²) in [4.78, 5) is 4.51. The zero-order valence-electron chi connectivity index (χ0n) is 14.2. The molecule has 4 rings (SSSR count). The number of hydrogen-bond donors (Lipinski definition) is 1. The molecular formula is C20H21N3O2. The quantitative estimate of drug-likeness (QED) is 0.704. The molecule has 0 spiro atoms. The monoisotopic (exact) mass is 335 g/mol. The van der Waals surface area contributed by atoms with E-state index in [-0.39, 0.29) is 6.10 Å². The van der Waals surface area contributed by atoms with Gasteiger partial charge in [-0.2, -0.15) is 4.98 Å². The molecule has 0 amide bonds. The van der Waals surface area contributed by atoms with Gasteiger partial charge in [0, 0.05) is 11.1 Å². The van der Waals surface area contributed by atoms with Crippen molar-refractivity contribution in [1.29, 1.82) is 0 Å². The lowest BCUT2D eigenvalue weighted by Gasteiger charge is -2.15. The molecule has 0 saturated heterocycles. The van der Waals surface area contributed by atoms with Crippen molar-refractivity contribution < 1.29 is 9.26 Å². The van der Waals surface area contributed by atoms with Gasteiger partial charge in [0.1, 0.15) is 5.75 Å². The van der Waals surface area contributed by atoms with Crippen LogP contribution >= 0.6 is 0 Å². The second kappa shape index (κ2) is 6.59. The van der Waals surface area contributed by atoms with Crippen molar-refractivity contribution in [2.24, 2.45) is 0 Å². The third kappa shape index (κ3) is 3.22. The highest BCUT2D eigenvalue weighted by Crippen LogP contribution is 2.32. The van der Waals surface area contributed by atoms with Crippen molar-refractivity contribution in [2.75, 3.05) is 5.73 Å². The van der Waals surface area contributed by atoms with Crippen LogP contribution < -0.4 is 10.5 Å².